The lowest BCUT2D eigenvalue weighted by molar-refractivity contribution is 0.102. The Kier molecular flexibility index (Phi) is 4.82. The lowest BCUT2D eigenvalue weighted by atomic mass is 10.1. The fourth-order valence-electron chi connectivity index (χ4n) is 5.02. The van der Waals surface area contributed by atoms with Gasteiger partial charge in [0.2, 0.25) is 0 Å². The maximum atomic E-state index is 13.3. The van der Waals surface area contributed by atoms with Gasteiger partial charge in [-0.3, -0.25) is 14.2 Å². The molecule has 0 saturated carbocycles. The van der Waals surface area contributed by atoms with Crippen LogP contribution < -0.4 is 10.9 Å². The van der Waals surface area contributed by atoms with E-state index < -0.39 is 0 Å². The lowest BCUT2D eigenvalue weighted by Crippen LogP contribution is -2.25. The van der Waals surface area contributed by atoms with Crippen LogP contribution in [0.4, 0.5) is 5.82 Å². The molecule has 6 rings (SSSR count). The predicted molar refractivity (Wildman–Crippen MR) is 127 cm³/mol. The van der Waals surface area contributed by atoms with Gasteiger partial charge in [0.25, 0.3) is 11.5 Å². The smallest absolute Gasteiger partial charge is 0.261 e. The van der Waals surface area contributed by atoms with Gasteiger partial charge in [-0.15, -0.1) is 0 Å². The van der Waals surface area contributed by atoms with E-state index in [2.05, 4.69) is 5.32 Å². The second-order valence-corrected chi connectivity index (χ2v) is 8.86. The average Bonchev–Trinajstić information content (AvgIpc) is 3.34. The molecule has 0 spiro atoms. The molecule has 0 bridgehead atoms. The van der Waals surface area contributed by atoms with Crippen LogP contribution in [-0.4, -0.2) is 25.2 Å². The minimum Gasteiger partial charge on any atom is -0.306 e. The first-order valence-corrected chi connectivity index (χ1v) is 11.7. The Bertz CT molecular complexity index is 1430. The summed E-state index contributed by atoms with van der Waals surface area (Å²) in [5.41, 5.74) is 4.13. The molecule has 1 amide bonds. The summed E-state index contributed by atoms with van der Waals surface area (Å²) in [5.74, 6) is 1.33. The van der Waals surface area contributed by atoms with Crippen LogP contribution in [0.2, 0.25) is 0 Å². The first-order valence-electron chi connectivity index (χ1n) is 11.7. The second-order valence-electron chi connectivity index (χ2n) is 8.86. The van der Waals surface area contributed by atoms with Crippen molar-refractivity contribution < 1.29 is 4.79 Å². The number of para-hydroxylation sites is 1. The fourth-order valence-corrected chi connectivity index (χ4v) is 5.02. The third kappa shape index (κ3) is 3.44. The predicted octanol–water partition coefficient (Wildman–Crippen LogP) is 4.05. The molecule has 7 nitrogen and oxygen atoms in total. The Balaban J connectivity index is 1.38. The number of nitrogens with one attached hydrogen (secondary N) is 1. The highest BCUT2D eigenvalue weighted by atomic mass is 16.2. The van der Waals surface area contributed by atoms with Crippen LogP contribution in [0.3, 0.4) is 0 Å². The van der Waals surface area contributed by atoms with E-state index in [1.165, 1.54) is 0 Å². The summed E-state index contributed by atoms with van der Waals surface area (Å²) in [4.78, 5) is 31.1. The number of benzene rings is 2. The quantitative estimate of drug-likeness (QED) is 0.522. The molecule has 33 heavy (non-hydrogen) atoms. The number of aryl methyl sites for hydroxylation is 2. The number of rotatable bonds is 3. The zero-order valence-electron chi connectivity index (χ0n) is 18.4. The highest BCUT2D eigenvalue weighted by Gasteiger charge is 2.25. The van der Waals surface area contributed by atoms with Gasteiger partial charge in [-0.1, -0.05) is 24.6 Å². The van der Waals surface area contributed by atoms with E-state index in [0.717, 1.165) is 73.5 Å². The third-order valence-corrected chi connectivity index (χ3v) is 6.72. The van der Waals surface area contributed by atoms with Crippen molar-refractivity contribution in [1.82, 2.24) is 19.3 Å². The summed E-state index contributed by atoms with van der Waals surface area (Å²) in [7, 11) is 0. The zero-order valence-corrected chi connectivity index (χ0v) is 18.4. The molecular formula is C26H25N5O2. The number of nitrogens with zero attached hydrogens (tertiary/aromatic N) is 4. The Hall–Kier alpha value is -3.74. The van der Waals surface area contributed by atoms with Crippen LogP contribution in [0.25, 0.3) is 16.6 Å². The molecule has 0 atom stereocenters. The highest BCUT2D eigenvalue weighted by Crippen LogP contribution is 2.31. The molecule has 0 fully saturated rings. The first kappa shape index (κ1) is 19.9. The van der Waals surface area contributed by atoms with E-state index >= 15 is 0 Å². The maximum absolute atomic E-state index is 13.3. The van der Waals surface area contributed by atoms with Gasteiger partial charge in [0.15, 0.2) is 0 Å². The van der Waals surface area contributed by atoms with E-state index in [1.807, 2.05) is 35.0 Å². The molecule has 0 radical (unpaired) electrons. The number of hydrogen-bond acceptors (Lipinski definition) is 4. The Morgan fingerprint density at radius 1 is 0.939 bits per heavy atom. The van der Waals surface area contributed by atoms with Crippen molar-refractivity contribution in [1.29, 1.82) is 0 Å². The van der Waals surface area contributed by atoms with Crippen LogP contribution in [0, 0.1) is 0 Å². The average molecular weight is 440 g/mol. The van der Waals surface area contributed by atoms with Crippen LogP contribution in [0.15, 0.2) is 53.3 Å². The molecule has 166 valence electrons. The van der Waals surface area contributed by atoms with E-state index in [0.29, 0.717) is 23.0 Å². The highest BCUT2D eigenvalue weighted by molar-refractivity contribution is 6.06. The van der Waals surface area contributed by atoms with Crippen molar-refractivity contribution >= 4 is 22.6 Å². The third-order valence-electron chi connectivity index (χ3n) is 6.72. The Morgan fingerprint density at radius 2 is 1.82 bits per heavy atom. The maximum Gasteiger partial charge on any atom is 0.261 e. The van der Waals surface area contributed by atoms with Crippen molar-refractivity contribution in [2.24, 2.45) is 0 Å². The topological polar surface area (TPSA) is 81.8 Å². The zero-order chi connectivity index (χ0) is 22.4. The summed E-state index contributed by atoms with van der Waals surface area (Å²) < 4.78 is 3.63. The molecule has 1 aliphatic carbocycles. The molecule has 0 unspecified atom stereocenters. The van der Waals surface area contributed by atoms with Gasteiger partial charge in [0.05, 0.1) is 22.3 Å². The van der Waals surface area contributed by atoms with Gasteiger partial charge in [-0.2, -0.15) is 5.10 Å². The summed E-state index contributed by atoms with van der Waals surface area (Å²) in [6.45, 7) is 0.716. The minimum absolute atomic E-state index is 0.0103. The van der Waals surface area contributed by atoms with Gasteiger partial charge in [0, 0.05) is 24.1 Å². The number of anilines is 1. The molecular weight excluding hydrogens is 414 g/mol. The Labute approximate surface area is 191 Å². The molecule has 2 aliphatic rings. The largest absolute Gasteiger partial charge is 0.306 e. The van der Waals surface area contributed by atoms with Crippen LogP contribution in [0.1, 0.15) is 53.1 Å². The molecule has 2 aromatic carbocycles. The number of amides is 1. The van der Waals surface area contributed by atoms with E-state index in [4.69, 9.17) is 10.1 Å². The van der Waals surface area contributed by atoms with Crippen molar-refractivity contribution in [3.63, 3.8) is 0 Å². The SMILES string of the molecule is O=C(Nc1c2c(nn1-c1ccccc1)CCC2)c1ccc2c(=O)n3c(nc2c1)CCCCC3. The monoisotopic (exact) mass is 439 g/mol. The van der Waals surface area contributed by atoms with E-state index in [9.17, 15) is 9.59 Å². The van der Waals surface area contributed by atoms with Gasteiger partial charge in [-0.05, 0) is 62.4 Å². The van der Waals surface area contributed by atoms with Gasteiger partial charge >= 0.3 is 0 Å². The molecule has 7 heteroatoms. The van der Waals surface area contributed by atoms with Crippen molar-refractivity contribution in [2.75, 3.05) is 5.32 Å². The summed E-state index contributed by atoms with van der Waals surface area (Å²) in [5, 5.41) is 8.44. The number of carbonyl (C=O) groups is 1. The van der Waals surface area contributed by atoms with Crippen molar-refractivity contribution in [2.45, 2.75) is 51.5 Å². The summed E-state index contributed by atoms with van der Waals surface area (Å²) >= 11 is 0. The Morgan fingerprint density at radius 3 is 2.70 bits per heavy atom. The minimum atomic E-state index is -0.222. The number of aromatic nitrogens is 4. The van der Waals surface area contributed by atoms with Crippen LogP contribution in [-0.2, 0) is 25.8 Å². The second kappa shape index (κ2) is 7.99. The molecule has 2 aromatic heterocycles. The van der Waals surface area contributed by atoms with E-state index in [1.54, 1.807) is 22.8 Å². The molecule has 3 heterocycles. The van der Waals surface area contributed by atoms with Crippen LogP contribution >= 0.6 is 0 Å². The summed E-state index contributed by atoms with van der Waals surface area (Å²) in [6.07, 6.45) is 6.81. The number of hydrogen-bond donors (Lipinski definition) is 1. The number of carbonyl (C=O) groups excluding carboxylic acids is 1. The normalized spacial score (nSPS) is 15.2. The van der Waals surface area contributed by atoms with Crippen molar-refractivity contribution in [3.8, 4) is 5.69 Å². The van der Waals surface area contributed by atoms with E-state index in [-0.39, 0.29) is 11.5 Å². The van der Waals surface area contributed by atoms with Gasteiger partial charge in [-0.25, -0.2) is 9.67 Å². The molecule has 1 aliphatic heterocycles. The summed E-state index contributed by atoms with van der Waals surface area (Å²) in [6, 6.07) is 15.0. The first-order chi connectivity index (χ1) is 16.2. The fraction of sp³-hybridized carbons (Fsp3) is 0.308. The van der Waals surface area contributed by atoms with Crippen molar-refractivity contribution in [3.05, 3.63) is 81.5 Å². The lowest BCUT2D eigenvalue weighted by Gasteiger charge is -2.12. The molecule has 1 N–H and O–H groups in total. The van der Waals surface area contributed by atoms with Gasteiger partial charge < -0.3 is 5.32 Å². The van der Waals surface area contributed by atoms with Gasteiger partial charge in [0.1, 0.15) is 11.6 Å². The van der Waals surface area contributed by atoms with Crippen LogP contribution in [0.5, 0.6) is 0 Å². The molecule has 4 aromatic rings. The molecule has 0 saturated heterocycles. The standard InChI is InChI=1S/C26H25N5O2/c32-25(28-24-19-10-7-11-21(19)29-31(24)18-8-3-1-4-9-18)17-13-14-20-22(16-17)27-23-12-5-2-6-15-30(23)26(20)33/h1,3-4,8-9,13-14,16H,2,5-7,10-12,15H2,(H,28,32). The number of fused-ring (bicyclic) bond motifs is 3.